The van der Waals surface area contributed by atoms with Gasteiger partial charge in [0.2, 0.25) is 17.7 Å². The summed E-state index contributed by atoms with van der Waals surface area (Å²) in [5.74, 6) is -0.991. The monoisotopic (exact) mass is 515 g/mol. The summed E-state index contributed by atoms with van der Waals surface area (Å²) >= 11 is 1.73. The van der Waals surface area contributed by atoms with Gasteiger partial charge in [0.1, 0.15) is 6.04 Å². The summed E-state index contributed by atoms with van der Waals surface area (Å²) in [7, 11) is 0. The quantitative estimate of drug-likeness (QED) is 0.331. The third-order valence-electron chi connectivity index (χ3n) is 8.05. The predicted octanol–water partition coefficient (Wildman–Crippen LogP) is 3.25. The third-order valence-corrected chi connectivity index (χ3v) is 10.00. The number of amides is 3. The molecule has 4 rings (SSSR count). The van der Waals surface area contributed by atoms with Crippen LogP contribution in [0.5, 0.6) is 0 Å². The largest absolute Gasteiger partial charge is 0.396 e. The van der Waals surface area contributed by atoms with Crippen molar-refractivity contribution in [2.24, 2.45) is 11.8 Å². The van der Waals surface area contributed by atoms with Crippen molar-refractivity contribution in [3.05, 3.63) is 35.9 Å². The van der Waals surface area contributed by atoms with Gasteiger partial charge in [0.25, 0.3) is 0 Å². The molecule has 2 bridgehead atoms. The molecule has 36 heavy (non-hydrogen) atoms. The van der Waals surface area contributed by atoms with Crippen LogP contribution in [-0.4, -0.2) is 63.5 Å². The number of aliphatic hydroxyl groups is 1. The van der Waals surface area contributed by atoms with Crippen molar-refractivity contribution in [1.82, 2.24) is 15.5 Å². The van der Waals surface area contributed by atoms with E-state index < -0.39 is 22.6 Å². The van der Waals surface area contributed by atoms with Gasteiger partial charge in [0.15, 0.2) is 0 Å². The van der Waals surface area contributed by atoms with Crippen LogP contribution in [-0.2, 0) is 20.9 Å². The highest BCUT2D eigenvalue weighted by Gasteiger charge is 2.73. The minimum Gasteiger partial charge on any atom is -0.396 e. The molecule has 5 atom stereocenters. The summed E-state index contributed by atoms with van der Waals surface area (Å²) in [6.07, 6.45) is 8.10. The van der Waals surface area contributed by atoms with E-state index in [0.29, 0.717) is 19.6 Å². The number of benzene rings is 1. The lowest BCUT2D eigenvalue weighted by Gasteiger charge is -2.34. The van der Waals surface area contributed by atoms with Gasteiger partial charge in [-0.25, -0.2) is 0 Å². The van der Waals surface area contributed by atoms with Gasteiger partial charge in [0.05, 0.1) is 16.6 Å². The highest BCUT2D eigenvalue weighted by Crippen LogP contribution is 2.66. The van der Waals surface area contributed by atoms with E-state index in [1.54, 1.807) is 16.7 Å². The lowest BCUT2D eigenvalue weighted by molar-refractivity contribution is -0.140. The normalized spacial score (nSPS) is 28.4. The molecule has 0 aromatic heterocycles. The van der Waals surface area contributed by atoms with E-state index in [1.165, 1.54) is 0 Å². The second kappa shape index (κ2) is 12.5. The van der Waals surface area contributed by atoms with E-state index in [-0.39, 0.29) is 29.6 Å². The predicted molar refractivity (Wildman–Crippen MR) is 142 cm³/mol. The van der Waals surface area contributed by atoms with Crippen LogP contribution in [0.15, 0.2) is 30.3 Å². The van der Waals surface area contributed by atoms with E-state index in [4.69, 9.17) is 5.11 Å². The van der Waals surface area contributed by atoms with Crippen molar-refractivity contribution in [3.8, 4) is 0 Å². The van der Waals surface area contributed by atoms with Crippen LogP contribution in [0.2, 0.25) is 0 Å². The zero-order valence-corrected chi connectivity index (χ0v) is 22.2. The van der Waals surface area contributed by atoms with Gasteiger partial charge in [-0.2, -0.15) is 0 Å². The summed E-state index contributed by atoms with van der Waals surface area (Å²) in [5.41, 5.74) is 1.03. The van der Waals surface area contributed by atoms with Gasteiger partial charge in [-0.05, 0) is 37.7 Å². The number of aliphatic hydroxyl groups excluding tert-OH is 1. The highest BCUT2D eigenvalue weighted by molar-refractivity contribution is 8.02. The first-order valence-electron chi connectivity index (χ1n) is 13.7. The molecule has 3 heterocycles. The number of likely N-dealkylation sites (tertiary alicyclic amines) is 1. The minimum atomic E-state index is -0.517. The van der Waals surface area contributed by atoms with Crippen molar-refractivity contribution in [2.75, 3.05) is 19.7 Å². The third kappa shape index (κ3) is 5.44. The molecule has 1 aromatic rings. The summed E-state index contributed by atoms with van der Waals surface area (Å²) < 4.78 is -0.517. The smallest absolute Gasteiger partial charge is 0.244 e. The molecule has 7 nitrogen and oxygen atoms in total. The van der Waals surface area contributed by atoms with Gasteiger partial charge in [-0.3, -0.25) is 14.4 Å². The molecule has 3 N–H and O–H groups in total. The van der Waals surface area contributed by atoms with Crippen LogP contribution in [0.3, 0.4) is 0 Å². The number of unbranched alkanes of at least 4 members (excludes halogenated alkanes) is 5. The van der Waals surface area contributed by atoms with Gasteiger partial charge in [-0.15, -0.1) is 11.8 Å². The average molecular weight is 516 g/mol. The number of rotatable bonds is 14. The van der Waals surface area contributed by atoms with Gasteiger partial charge >= 0.3 is 0 Å². The summed E-state index contributed by atoms with van der Waals surface area (Å²) in [6, 6.07) is 9.30. The first-order valence-corrected chi connectivity index (χ1v) is 14.6. The Balaban J connectivity index is 1.50. The highest BCUT2D eigenvalue weighted by atomic mass is 32.2. The van der Waals surface area contributed by atoms with E-state index in [9.17, 15) is 14.4 Å². The van der Waals surface area contributed by atoms with Crippen molar-refractivity contribution < 1.29 is 19.5 Å². The molecule has 3 fully saturated rings. The Morgan fingerprint density at radius 3 is 2.58 bits per heavy atom. The van der Waals surface area contributed by atoms with Crippen LogP contribution in [0.4, 0.5) is 0 Å². The molecule has 0 saturated carbocycles. The molecule has 0 aliphatic carbocycles. The Hall–Kier alpha value is -2.06. The fourth-order valence-corrected chi connectivity index (χ4v) is 8.55. The maximum atomic E-state index is 13.9. The van der Waals surface area contributed by atoms with Crippen LogP contribution in [0, 0.1) is 11.8 Å². The number of carbonyl (C=O) groups excluding carboxylic acids is 3. The van der Waals surface area contributed by atoms with Gasteiger partial charge in [-0.1, -0.05) is 62.9 Å². The maximum Gasteiger partial charge on any atom is 0.244 e. The molecule has 198 valence electrons. The molecule has 1 aromatic carbocycles. The molecule has 3 amide bonds. The van der Waals surface area contributed by atoms with E-state index in [1.807, 2.05) is 30.3 Å². The van der Waals surface area contributed by atoms with Crippen molar-refractivity contribution in [2.45, 2.75) is 87.3 Å². The van der Waals surface area contributed by atoms with Crippen molar-refractivity contribution >= 4 is 29.5 Å². The molecule has 3 aliphatic heterocycles. The summed E-state index contributed by atoms with van der Waals surface area (Å²) in [5, 5.41) is 15.4. The number of fused-ring (bicyclic) bond motifs is 1. The number of hydrogen-bond acceptors (Lipinski definition) is 5. The summed E-state index contributed by atoms with van der Waals surface area (Å²) in [4.78, 5) is 42.7. The molecule has 3 aliphatic rings. The van der Waals surface area contributed by atoms with Gasteiger partial charge in [0, 0.05) is 31.5 Å². The second-order valence-electron chi connectivity index (χ2n) is 10.4. The number of carbonyl (C=O) groups is 3. The number of thioether (sulfide) groups is 1. The van der Waals surface area contributed by atoms with Crippen molar-refractivity contribution in [1.29, 1.82) is 0 Å². The average Bonchev–Trinajstić information content (AvgIpc) is 3.53. The molecule has 2 unspecified atom stereocenters. The topological polar surface area (TPSA) is 98.7 Å². The van der Waals surface area contributed by atoms with Crippen LogP contribution >= 0.6 is 11.8 Å². The molecular weight excluding hydrogens is 474 g/mol. The van der Waals surface area contributed by atoms with E-state index in [0.717, 1.165) is 63.4 Å². The maximum absolute atomic E-state index is 13.9. The Bertz CT molecular complexity index is 913. The second-order valence-corrected chi connectivity index (χ2v) is 12.0. The minimum absolute atomic E-state index is 0.0274. The number of nitrogens with one attached hydrogen (secondary N) is 2. The fourth-order valence-electron chi connectivity index (χ4n) is 6.33. The Labute approximate surface area is 219 Å². The zero-order chi connectivity index (χ0) is 25.5. The molecular formula is C28H41N3O4S. The SMILES string of the molecule is CCCCCNC(=O)C1N(CCCCCCO)C(=O)[C@@H]2[C@H](C(=O)NCc3ccccc3)[C@@H]3CCC12S3. The number of nitrogens with zero attached hydrogens (tertiary/aromatic N) is 1. The lowest BCUT2D eigenvalue weighted by Crippen LogP contribution is -2.54. The molecule has 3 saturated heterocycles. The van der Waals surface area contributed by atoms with Crippen LogP contribution in [0.25, 0.3) is 0 Å². The number of hydrogen-bond donors (Lipinski definition) is 3. The van der Waals surface area contributed by atoms with Crippen LogP contribution < -0.4 is 10.6 Å². The lowest BCUT2D eigenvalue weighted by atomic mass is 9.70. The van der Waals surface area contributed by atoms with Crippen LogP contribution in [0.1, 0.15) is 70.3 Å². The van der Waals surface area contributed by atoms with E-state index >= 15 is 0 Å². The molecule has 8 heteroatoms. The fraction of sp³-hybridized carbons (Fsp3) is 0.679. The molecule has 1 spiro atoms. The molecule has 0 radical (unpaired) electrons. The van der Waals surface area contributed by atoms with Crippen molar-refractivity contribution in [3.63, 3.8) is 0 Å². The zero-order valence-electron chi connectivity index (χ0n) is 21.4. The van der Waals surface area contributed by atoms with Gasteiger partial charge < -0.3 is 20.6 Å². The Morgan fingerprint density at radius 2 is 1.83 bits per heavy atom. The first-order chi connectivity index (χ1) is 17.5. The standard InChI is InChI=1S/C28H41N3O4S/c1-2-3-9-16-29-26(34)24-28-15-14-21(36-28)22(25(33)30-19-20-12-7-6-8-13-20)23(28)27(35)31(24)17-10-4-5-11-18-32/h6-8,12-13,21-24,32H,2-5,9-11,14-19H2,1H3,(H,29,34)(H,30,33)/t21-,22+,23-,24?,28?/m0/s1. The summed E-state index contributed by atoms with van der Waals surface area (Å²) in [6.45, 7) is 3.90. The first kappa shape index (κ1) is 27.0. The Morgan fingerprint density at radius 1 is 1.06 bits per heavy atom. The Kier molecular flexibility index (Phi) is 9.34. The van der Waals surface area contributed by atoms with E-state index in [2.05, 4.69) is 17.6 Å².